The van der Waals surface area contributed by atoms with E-state index in [1.807, 2.05) is 5.38 Å². The Labute approximate surface area is 128 Å². The number of hydrogen-bond acceptors (Lipinski definition) is 4. The van der Waals surface area contributed by atoms with Gasteiger partial charge in [0, 0.05) is 37.6 Å². The summed E-state index contributed by atoms with van der Waals surface area (Å²) in [5.74, 6) is -1.00. The highest BCUT2D eigenvalue weighted by Gasteiger charge is 2.29. The summed E-state index contributed by atoms with van der Waals surface area (Å²) < 4.78 is 27.5. The lowest BCUT2D eigenvalue weighted by atomic mass is 10.3. The van der Waals surface area contributed by atoms with Crippen molar-refractivity contribution in [3.8, 4) is 0 Å². The highest BCUT2D eigenvalue weighted by molar-refractivity contribution is 7.86. The maximum Gasteiger partial charge on any atom is 0.328 e. The molecule has 0 amide bonds. The van der Waals surface area contributed by atoms with E-state index in [1.165, 1.54) is 26.0 Å². The minimum absolute atomic E-state index is 0.288. The zero-order chi connectivity index (χ0) is 15.5. The molecule has 1 fully saturated rings. The highest BCUT2D eigenvalue weighted by atomic mass is 32.2. The predicted molar refractivity (Wildman–Crippen MR) is 82.2 cm³/mol. The van der Waals surface area contributed by atoms with Crippen LogP contribution < -0.4 is 0 Å². The quantitative estimate of drug-likeness (QED) is 0.804. The molecule has 0 spiro atoms. The van der Waals surface area contributed by atoms with Crippen molar-refractivity contribution < 1.29 is 18.3 Å². The second-order valence-electron chi connectivity index (χ2n) is 4.90. The molecular weight excluding hydrogens is 312 g/mol. The largest absolute Gasteiger partial charge is 0.478 e. The number of nitrogens with zero attached hydrogens (tertiary/aromatic N) is 2. The maximum absolute atomic E-state index is 12.3. The minimum atomic E-state index is -3.39. The van der Waals surface area contributed by atoms with Crippen LogP contribution in [0.4, 0.5) is 0 Å². The molecule has 0 aliphatic carbocycles. The summed E-state index contributed by atoms with van der Waals surface area (Å²) in [6, 6.07) is 1.81. The van der Waals surface area contributed by atoms with Gasteiger partial charge in [0.2, 0.25) is 0 Å². The third kappa shape index (κ3) is 4.13. The zero-order valence-corrected chi connectivity index (χ0v) is 13.4. The Bertz CT molecular complexity index is 630. The molecule has 1 aliphatic rings. The van der Waals surface area contributed by atoms with Gasteiger partial charge in [-0.15, -0.1) is 11.3 Å². The fourth-order valence-corrected chi connectivity index (χ4v) is 4.40. The van der Waals surface area contributed by atoms with Gasteiger partial charge in [-0.1, -0.05) is 0 Å². The molecule has 2 rings (SSSR count). The van der Waals surface area contributed by atoms with Gasteiger partial charge in [-0.3, -0.25) is 0 Å². The molecule has 0 unspecified atom stereocenters. The van der Waals surface area contributed by atoms with Gasteiger partial charge in [0.1, 0.15) is 0 Å². The smallest absolute Gasteiger partial charge is 0.328 e. The van der Waals surface area contributed by atoms with Crippen LogP contribution in [0.15, 0.2) is 17.5 Å². The van der Waals surface area contributed by atoms with Gasteiger partial charge >= 0.3 is 5.97 Å². The standard InChI is InChI=1S/C13H18N2O4S2/c1-14(21(18,19)15-6-2-3-7-15)9-11-8-12(20-10-11)4-5-13(16)17/h4-5,8,10H,2-3,6-7,9H2,1H3,(H,16,17). The van der Waals surface area contributed by atoms with Gasteiger partial charge < -0.3 is 5.11 Å². The van der Waals surface area contributed by atoms with Crippen molar-refractivity contribution in [2.24, 2.45) is 0 Å². The summed E-state index contributed by atoms with van der Waals surface area (Å²) in [7, 11) is -1.83. The van der Waals surface area contributed by atoms with Crippen molar-refractivity contribution in [2.75, 3.05) is 20.1 Å². The van der Waals surface area contributed by atoms with E-state index in [4.69, 9.17) is 5.11 Å². The number of rotatable bonds is 6. The molecule has 6 nitrogen and oxygen atoms in total. The molecule has 1 aliphatic heterocycles. The average Bonchev–Trinajstić information content (AvgIpc) is 3.07. The summed E-state index contributed by atoms with van der Waals surface area (Å²) >= 11 is 1.39. The summed E-state index contributed by atoms with van der Waals surface area (Å²) in [5, 5.41) is 10.4. The highest BCUT2D eigenvalue weighted by Crippen LogP contribution is 2.21. The maximum atomic E-state index is 12.3. The van der Waals surface area contributed by atoms with Crippen LogP contribution in [-0.2, 0) is 21.5 Å². The monoisotopic (exact) mass is 330 g/mol. The molecule has 0 saturated carbocycles. The van der Waals surface area contributed by atoms with E-state index < -0.39 is 16.2 Å². The van der Waals surface area contributed by atoms with Crippen molar-refractivity contribution >= 4 is 33.6 Å². The van der Waals surface area contributed by atoms with Crippen LogP contribution in [0.5, 0.6) is 0 Å². The topological polar surface area (TPSA) is 77.9 Å². The van der Waals surface area contributed by atoms with Crippen LogP contribution in [0.3, 0.4) is 0 Å². The zero-order valence-electron chi connectivity index (χ0n) is 11.7. The van der Waals surface area contributed by atoms with Crippen molar-refractivity contribution in [1.82, 2.24) is 8.61 Å². The predicted octanol–water partition coefficient (Wildman–Crippen LogP) is 1.62. The Kier molecular flexibility index (Phi) is 5.15. The third-order valence-corrected chi connectivity index (χ3v) is 6.14. The van der Waals surface area contributed by atoms with Crippen LogP contribution >= 0.6 is 11.3 Å². The second kappa shape index (κ2) is 6.69. The van der Waals surface area contributed by atoms with E-state index in [9.17, 15) is 13.2 Å². The molecule has 1 aromatic rings. The van der Waals surface area contributed by atoms with Crippen LogP contribution in [0.25, 0.3) is 6.08 Å². The van der Waals surface area contributed by atoms with Gasteiger partial charge in [0.15, 0.2) is 0 Å². The molecule has 1 aromatic heterocycles. The fraction of sp³-hybridized carbons (Fsp3) is 0.462. The van der Waals surface area contributed by atoms with E-state index >= 15 is 0 Å². The Morgan fingerprint density at radius 1 is 1.48 bits per heavy atom. The van der Waals surface area contributed by atoms with Crippen molar-refractivity contribution in [3.63, 3.8) is 0 Å². The molecule has 116 valence electrons. The lowest BCUT2D eigenvalue weighted by Crippen LogP contribution is -2.39. The van der Waals surface area contributed by atoms with E-state index in [0.717, 1.165) is 29.4 Å². The van der Waals surface area contributed by atoms with Gasteiger partial charge in [-0.2, -0.15) is 17.0 Å². The summed E-state index contributed by atoms with van der Waals surface area (Å²) in [6.45, 7) is 1.46. The Morgan fingerprint density at radius 2 is 2.14 bits per heavy atom. The molecule has 21 heavy (non-hydrogen) atoms. The van der Waals surface area contributed by atoms with Crippen molar-refractivity contribution in [1.29, 1.82) is 0 Å². The number of carboxylic acids is 1. The van der Waals surface area contributed by atoms with Gasteiger partial charge in [-0.25, -0.2) is 4.79 Å². The SMILES string of the molecule is CN(Cc1csc(C=CC(=O)O)c1)S(=O)(=O)N1CCCC1. The molecule has 0 atom stereocenters. The lowest BCUT2D eigenvalue weighted by Gasteiger charge is -2.23. The first kappa shape index (κ1) is 16.2. The first-order valence-electron chi connectivity index (χ1n) is 6.59. The van der Waals surface area contributed by atoms with Gasteiger partial charge in [0.25, 0.3) is 10.2 Å². The first-order chi connectivity index (χ1) is 9.89. The lowest BCUT2D eigenvalue weighted by molar-refractivity contribution is -0.131. The number of thiophene rings is 1. The van der Waals surface area contributed by atoms with Crippen LogP contribution in [0.2, 0.25) is 0 Å². The number of aliphatic carboxylic acids is 1. The number of hydrogen-bond donors (Lipinski definition) is 1. The Hall–Kier alpha value is -1.22. The molecule has 2 heterocycles. The Balaban J connectivity index is 2.02. The number of carboxylic acid groups (broad SMARTS) is 1. The normalized spacial score (nSPS) is 17.0. The average molecular weight is 330 g/mol. The Morgan fingerprint density at radius 3 is 2.76 bits per heavy atom. The molecule has 1 N–H and O–H groups in total. The first-order valence-corrected chi connectivity index (χ1v) is 8.87. The summed E-state index contributed by atoms with van der Waals surface area (Å²) in [5.41, 5.74) is 0.857. The van der Waals surface area contributed by atoms with Gasteiger partial charge in [-0.05, 0) is 35.9 Å². The molecule has 0 aromatic carbocycles. The molecule has 1 saturated heterocycles. The third-order valence-electron chi connectivity index (χ3n) is 3.25. The number of carbonyl (C=O) groups is 1. The van der Waals surface area contributed by atoms with Crippen LogP contribution in [0.1, 0.15) is 23.3 Å². The van der Waals surface area contributed by atoms with Crippen molar-refractivity contribution in [3.05, 3.63) is 28.0 Å². The summed E-state index contributed by atoms with van der Waals surface area (Å²) in [4.78, 5) is 11.3. The second-order valence-corrected chi connectivity index (χ2v) is 7.88. The molecule has 0 bridgehead atoms. The molecular formula is C13H18N2O4S2. The van der Waals surface area contributed by atoms with Gasteiger partial charge in [0.05, 0.1) is 0 Å². The van der Waals surface area contributed by atoms with E-state index in [-0.39, 0.29) is 6.54 Å². The van der Waals surface area contributed by atoms with E-state index in [1.54, 1.807) is 13.1 Å². The van der Waals surface area contributed by atoms with Crippen molar-refractivity contribution in [2.45, 2.75) is 19.4 Å². The van der Waals surface area contributed by atoms with Crippen LogP contribution in [0, 0.1) is 0 Å². The fourth-order valence-electron chi connectivity index (χ4n) is 2.17. The minimum Gasteiger partial charge on any atom is -0.478 e. The molecule has 0 radical (unpaired) electrons. The summed E-state index contributed by atoms with van der Waals surface area (Å²) in [6.07, 6.45) is 4.40. The van der Waals surface area contributed by atoms with Crippen LogP contribution in [-0.4, -0.2) is 48.2 Å². The van der Waals surface area contributed by atoms with E-state index in [2.05, 4.69) is 0 Å². The molecule has 8 heteroatoms. The van der Waals surface area contributed by atoms with E-state index in [0.29, 0.717) is 13.1 Å².